The van der Waals surface area contributed by atoms with Crippen LogP contribution in [0.25, 0.3) is 0 Å². The average Bonchev–Trinajstić information content (AvgIpc) is 2.37. The van der Waals surface area contributed by atoms with Crippen LogP contribution in [0.3, 0.4) is 0 Å². The van der Waals surface area contributed by atoms with E-state index in [1.165, 1.54) is 6.42 Å². The molecule has 2 heteroatoms. The fourth-order valence-electron chi connectivity index (χ4n) is 2.33. The van der Waals surface area contributed by atoms with Gasteiger partial charge in [-0.2, -0.15) is 0 Å². The summed E-state index contributed by atoms with van der Waals surface area (Å²) < 4.78 is 4.80. The summed E-state index contributed by atoms with van der Waals surface area (Å²) in [6.45, 7) is 28.7. The third kappa shape index (κ3) is 13.8. The highest BCUT2D eigenvalue weighted by Crippen LogP contribution is 2.40. The van der Waals surface area contributed by atoms with Crippen LogP contribution >= 0.6 is 0 Å². The van der Waals surface area contributed by atoms with Gasteiger partial charge >= 0.3 is 0 Å². The molecule has 22 heavy (non-hydrogen) atoms. The summed E-state index contributed by atoms with van der Waals surface area (Å²) in [6, 6.07) is 0. The second kappa shape index (κ2) is 14.7. The number of hydrogen-bond donors (Lipinski definition) is 0. The minimum absolute atomic E-state index is 0.676. The average molecular weight is 333 g/mol. The standard InChI is InChI=1S/C10H24Si.C5H12O.C5H12/c1-8(2)11(7,9(3)4)10(5)6;1-5(2)4-6-3;1-4-5(2)3/h8-10H,1-7H3;5H,4H2,1-3H3;5H,4H2,1-3H3. The van der Waals surface area contributed by atoms with E-state index in [4.69, 9.17) is 4.74 Å². The molecule has 0 spiro atoms. The zero-order valence-electron chi connectivity index (χ0n) is 18.2. The van der Waals surface area contributed by atoms with Gasteiger partial charge < -0.3 is 4.74 Å². The Morgan fingerprint density at radius 3 is 0.955 bits per heavy atom. The minimum atomic E-state index is -0.981. The number of hydrogen-bond acceptors (Lipinski definition) is 1. The zero-order valence-corrected chi connectivity index (χ0v) is 19.2. The molecule has 0 aromatic rings. The van der Waals surface area contributed by atoms with Crippen molar-refractivity contribution in [2.75, 3.05) is 13.7 Å². The van der Waals surface area contributed by atoms with E-state index in [0.717, 1.165) is 29.1 Å². The molecule has 0 aromatic heterocycles. The van der Waals surface area contributed by atoms with Crippen molar-refractivity contribution < 1.29 is 4.74 Å². The highest BCUT2D eigenvalue weighted by atomic mass is 28.3. The van der Waals surface area contributed by atoms with E-state index in [9.17, 15) is 0 Å². The van der Waals surface area contributed by atoms with Crippen molar-refractivity contribution >= 4 is 8.07 Å². The van der Waals surface area contributed by atoms with Crippen molar-refractivity contribution in [2.45, 2.75) is 106 Å². The summed E-state index contributed by atoms with van der Waals surface area (Å²) in [4.78, 5) is 0. The van der Waals surface area contributed by atoms with E-state index in [1.807, 2.05) is 0 Å². The summed E-state index contributed by atoms with van der Waals surface area (Å²) in [6.07, 6.45) is 1.31. The van der Waals surface area contributed by atoms with Gasteiger partial charge in [0.25, 0.3) is 0 Å². The van der Waals surface area contributed by atoms with Crippen LogP contribution in [0, 0.1) is 11.8 Å². The molecule has 0 aliphatic rings. The Kier molecular flexibility index (Phi) is 18.1. The van der Waals surface area contributed by atoms with E-state index < -0.39 is 8.07 Å². The molecule has 0 bridgehead atoms. The Balaban J connectivity index is -0.000000277. The van der Waals surface area contributed by atoms with Gasteiger partial charge in [0.2, 0.25) is 0 Å². The third-order valence-electron chi connectivity index (χ3n) is 5.05. The second-order valence-corrected chi connectivity index (χ2v) is 14.7. The van der Waals surface area contributed by atoms with E-state index in [-0.39, 0.29) is 0 Å². The maximum absolute atomic E-state index is 4.80. The quantitative estimate of drug-likeness (QED) is 0.454. The van der Waals surface area contributed by atoms with Crippen LogP contribution in [-0.2, 0) is 4.74 Å². The smallest absolute Gasteiger partial charge is 0.0581 e. The van der Waals surface area contributed by atoms with Gasteiger partial charge in [-0.15, -0.1) is 0 Å². The molecule has 0 atom stereocenters. The van der Waals surface area contributed by atoms with Crippen LogP contribution in [0.4, 0.5) is 0 Å². The molecular formula is C20H48OSi. The first-order chi connectivity index (χ1) is 9.87. The summed E-state index contributed by atoms with van der Waals surface area (Å²) >= 11 is 0. The number of rotatable bonds is 6. The van der Waals surface area contributed by atoms with Gasteiger partial charge in [-0.05, 0) is 11.8 Å². The van der Waals surface area contributed by atoms with Crippen LogP contribution in [-0.4, -0.2) is 21.8 Å². The van der Waals surface area contributed by atoms with Gasteiger partial charge in [0.1, 0.15) is 0 Å². The molecule has 0 aliphatic heterocycles. The molecule has 138 valence electrons. The molecule has 0 aliphatic carbocycles. The van der Waals surface area contributed by atoms with Gasteiger partial charge in [-0.25, -0.2) is 0 Å². The van der Waals surface area contributed by atoms with E-state index in [2.05, 4.69) is 82.7 Å². The van der Waals surface area contributed by atoms with Crippen molar-refractivity contribution in [1.82, 2.24) is 0 Å². The lowest BCUT2D eigenvalue weighted by Gasteiger charge is -2.39. The molecule has 0 fully saturated rings. The van der Waals surface area contributed by atoms with Crippen LogP contribution in [0.15, 0.2) is 0 Å². The molecule has 0 saturated carbocycles. The molecule has 0 rings (SSSR count). The molecule has 0 saturated heterocycles. The lowest BCUT2D eigenvalue weighted by molar-refractivity contribution is 0.167. The van der Waals surface area contributed by atoms with Gasteiger partial charge in [-0.3, -0.25) is 0 Å². The number of ether oxygens (including phenoxy) is 1. The molecular weight excluding hydrogens is 284 g/mol. The maximum Gasteiger partial charge on any atom is 0.0581 e. The van der Waals surface area contributed by atoms with E-state index in [0.29, 0.717) is 5.92 Å². The van der Waals surface area contributed by atoms with Gasteiger partial charge in [0.05, 0.1) is 8.07 Å². The fraction of sp³-hybridized carbons (Fsp3) is 1.00. The van der Waals surface area contributed by atoms with Crippen molar-refractivity contribution in [3.8, 4) is 0 Å². The van der Waals surface area contributed by atoms with Crippen molar-refractivity contribution in [3.63, 3.8) is 0 Å². The molecule has 0 radical (unpaired) electrons. The molecule has 0 N–H and O–H groups in total. The third-order valence-corrected chi connectivity index (χ3v) is 12.5. The normalized spacial score (nSPS) is 11.7. The van der Waals surface area contributed by atoms with Crippen molar-refractivity contribution in [2.24, 2.45) is 11.8 Å². The predicted octanol–water partition coefficient (Wildman–Crippen LogP) is 7.64. The molecule has 0 heterocycles. The van der Waals surface area contributed by atoms with Crippen LogP contribution < -0.4 is 0 Å². The molecule has 1 nitrogen and oxygen atoms in total. The Morgan fingerprint density at radius 2 is 0.955 bits per heavy atom. The first-order valence-corrected chi connectivity index (χ1v) is 12.1. The van der Waals surface area contributed by atoms with E-state index in [1.54, 1.807) is 7.11 Å². The molecule has 0 amide bonds. The molecule has 0 unspecified atom stereocenters. The molecule has 0 aromatic carbocycles. The van der Waals surface area contributed by atoms with Crippen molar-refractivity contribution in [3.05, 3.63) is 0 Å². The van der Waals surface area contributed by atoms with Gasteiger partial charge in [-0.1, -0.05) is 106 Å². The number of methoxy groups -OCH3 is 1. The van der Waals surface area contributed by atoms with Gasteiger partial charge in [0.15, 0.2) is 0 Å². The summed E-state index contributed by atoms with van der Waals surface area (Å²) in [5.41, 5.74) is 2.76. The topological polar surface area (TPSA) is 9.23 Å². The summed E-state index contributed by atoms with van der Waals surface area (Å²) in [5.74, 6) is 1.56. The Labute approximate surface area is 144 Å². The first-order valence-electron chi connectivity index (χ1n) is 9.36. The monoisotopic (exact) mass is 332 g/mol. The Morgan fingerprint density at radius 1 is 0.682 bits per heavy atom. The van der Waals surface area contributed by atoms with E-state index >= 15 is 0 Å². The summed E-state index contributed by atoms with van der Waals surface area (Å²) in [5, 5.41) is 0. The van der Waals surface area contributed by atoms with Gasteiger partial charge in [0, 0.05) is 13.7 Å². The van der Waals surface area contributed by atoms with Crippen LogP contribution in [0.2, 0.25) is 23.2 Å². The summed E-state index contributed by atoms with van der Waals surface area (Å²) in [7, 11) is 0.741. The predicted molar refractivity (Wildman–Crippen MR) is 109 cm³/mol. The Hall–Kier alpha value is 0.177. The zero-order chi connectivity index (χ0) is 18.5. The van der Waals surface area contributed by atoms with Crippen LogP contribution in [0.5, 0.6) is 0 Å². The lowest BCUT2D eigenvalue weighted by atomic mass is 10.2. The Bertz CT molecular complexity index is 198. The largest absolute Gasteiger partial charge is 0.384 e. The first kappa shape index (κ1) is 27.0. The maximum atomic E-state index is 4.80. The SMILES string of the molecule is CC(C)[Si](C)(C(C)C)C(C)C.CCC(C)C.COCC(C)C. The minimum Gasteiger partial charge on any atom is -0.384 e. The highest BCUT2D eigenvalue weighted by Gasteiger charge is 2.37. The fourth-order valence-corrected chi connectivity index (χ4v) is 6.33. The van der Waals surface area contributed by atoms with Crippen LogP contribution in [0.1, 0.15) is 82.6 Å². The lowest BCUT2D eigenvalue weighted by Crippen LogP contribution is -2.40. The highest BCUT2D eigenvalue weighted by molar-refractivity contribution is 6.82. The second-order valence-electron chi connectivity index (χ2n) is 8.48. The van der Waals surface area contributed by atoms with Crippen molar-refractivity contribution in [1.29, 1.82) is 0 Å².